The van der Waals surface area contributed by atoms with Gasteiger partial charge in [-0.05, 0) is 95.2 Å². The Morgan fingerprint density at radius 2 is 1.67 bits per heavy atom. The minimum atomic E-state index is -0.549. The maximum Gasteiger partial charge on any atom is 0.410 e. The summed E-state index contributed by atoms with van der Waals surface area (Å²) in [4.78, 5) is 47.7. The number of amides is 3. The van der Waals surface area contributed by atoms with Crippen molar-refractivity contribution in [1.29, 1.82) is 0 Å². The molecule has 5 rings (SSSR count). The van der Waals surface area contributed by atoms with Crippen LogP contribution >= 0.6 is 11.6 Å². The number of rotatable bonds is 7. The first-order valence-electron chi connectivity index (χ1n) is 16.2. The second kappa shape index (κ2) is 13.6. The van der Waals surface area contributed by atoms with Gasteiger partial charge in [0.15, 0.2) is 0 Å². The van der Waals surface area contributed by atoms with Crippen LogP contribution < -0.4 is 4.90 Å². The zero-order valence-corrected chi connectivity index (χ0v) is 28.3. The summed E-state index contributed by atoms with van der Waals surface area (Å²) in [6, 6.07) is 11.8. The molecule has 242 valence electrons. The minimum absolute atomic E-state index is 0.0837. The average Bonchev–Trinajstić information content (AvgIpc) is 3.55. The number of carbonyl (C=O) groups excluding carboxylic acids is 3. The number of piperidine rings is 1. The molecular formula is C36H47ClN4O4. The maximum atomic E-state index is 13.9. The van der Waals surface area contributed by atoms with Gasteiger partial charge in [-0.3, -0.25) is 14.5 Å². The highest BCUT2D eigenvalue weighted by Crippen LogP contribution is 2.32. The summed E-state index contributed by atoms with van der Waals surface area (Å²) in [6.45, 7) is 16.5. The lowest BCUT2D eigenvalue weighted by Crippen LogP contribution is -2.46. The molecule has 3 heterocycles. The van der Waals surface area contributed by atoms with Crippen molar-refractivity contribution in [1.82, 2.24) is 14.7 Å². The Kier molecular flexibility index (Phi) is 9.94. The van der Waals surface area contributed by atoms with Crippen molar-refractivity contribution in [2.75, 3.05) is 50.7 Å². The predicted molar refractivity (Wildman–Crippen MR) is 179 cm³/mol. The van der Waals surface area contributed by atoms with E-state index in [1.54, 1.807) is 4.90 Å². The fourth-order valence-corrected chi connectivity index (χ4v) is 6.90. The Morgan fingerprint density at radius 1 is 0.978 bits per heavy atom. The summed E-state index contributed by atoms with van der Waals surface area (Å²) in [5, 5.41) is 0.643. The van der Waals surface area contributed by atoms with Crippen molar-refractivity contribution in [2.45, 2.75) is 66.4 Å². The lowest BCUT2D eigenvalue weighted by molar-refractivity contribution is -0.123. The molecule has 2 aromatic carbocycles. The monoisotopic (exact) mass is 634 g/mol. The van der Waals surface area contributed by atoms with E-state index in [9.17, 15) is 14.4 Å². The third-order valence-electron chi connectivity index (χ3n) is 9.19. The Balaban J connectivity index is 1.19. The summed E-state index contributed by atoms with van der Waals surface area (Å²) in [5.41, 5.74) is 5.38. The molecule has 3 amide bonds. The van der Waals surface area contributed by atoms with Gasteiger partial charge in [0, 0.05) is 80.1 Å². The van der Waals surface area contributed by atoms with Crippen LogP contribution in [-0.2, 0) is 9.53 Å². The Morgan fingerprint density at radius 3 is 2.29 bits per heavy atom. The second-order valence-corrected chi connectivity index (χ2v) is 14.3. The summed E-state index contributed by atoms with van der Waals surface area (Å²) in [5.74, 6) is 0.352. The number of aryl methyl sites for hydroxylation is 3. The van der Waals surface area contributed by atoms with E-state index in [-0.39, 0.29) is 23.8 Å². The number of ether oxygens (including phenoxy) is 1. The van der Waals surface area contributed by atoms with Crippen molar-refractivity contribution in [3.63, 3.8) is 0 Å². The third-order valence-corrected chi connectivity index (χ3v) is 9.60. The normalized spacial score (nSPS) is 19.0. The molecule has 3 aliphatic heterocycles. The summed E-state index contributed by atoms with van der Waals surface area (Å²) < 4.78 is 5.54. The van der Waals surface area contributed by atoms with Gasteiger partial charge >= 0.3 is 6.09 Å². The standard InChI is InChI=1S/C36H47ClN4O4/c1-24-11-12-30(19-31(24)37)41(33(42)27-13-17-39(18-14-27)35(44)45-36(4,5)6)16-8-15-38-20-28-22-40(23-29(28)21-38)34(43)32-25(2)9-7-10-26(32)3/h7,9-12,19,22,27,29H,8,13-18,20-21,23H2,1-6H3. The van der Waals surface area contributed by atoms with Crippen LogP contribution in [0.2, 0.25) is 5.02 Å². The molecule has 2 aromatic rings. The zero-order chi connectivity index (χ0) is 32.5. The van der Waals surface area contributed by atoms with E-state index < -0.39 is 5.60 Å². The van der Waals surface area contributed by atoms with Crippen molar-refractivity contribution >= 4 is 35.2 Å². The first-order valence-corrected chi connectivity index (χ1v) is 16.5. The Bertz CT molecular complexity index is 1450. The number of hydrogen-bond acceptors (Lipinski definition) is 5. The molecule has 0 bridgehead atoms. The quantitative estimate of drug-likeness (QED) is 0.343. The van der Waals surface area contributed by atoms with Crippen LogP contribution in [0.25, 0.3) is 0 Å². The number of likely N-dealkylation sites (tertiary alicyclic amines) is 2. The first-order chi connectivity index (χ1) is 21.3. The molecule has 2 fully saturated rings. The van der Waals surface area contributed by atoms with E-state index in [0.717, 1.165) is 54.0 Å². The minimum Gasteiger partial charge on any atom is -0.444 e. The van der Waals surface area contributed by atoms with E-state index >= 15 is 0 Å². The van der Waals surface area contributed by atoms with Gasteiger partial charge in [0.2, 0.25) is 5.91 Å². The Labute approximate surface area is 272 Å². The number of benzene rings is 2. The average molecular weight is 635 g/mol. The van der Waals surface area contributed by atoms with Crippen LogP contribution in [0.4, 0.5) is 10.5 Å². The van der Waals surface area contributed by atoms with Gasteiger partial charge < -0.3 is 19.4 Å². The van der Waals surface area contributed by atoms with Crippen molar-refractivity contribution in [3.05, 3.63) is 75.4 Å². The largest absolute Gasteiger partial charge is 0.444 e. The molecule has 0 saturated carbocycles. The molecule has 2 saturated heterocycles. The summed E-state index contributed by atoms with van der Waals surface area (Å²) in [6.07, 6.45) is 3.77. The van der Waals surface area contributed by atoms with Gasteiger partial charge in [0.25, 0.3) is 5.91 Å². The molecule has 3 aliphatic rings. The van der Waals surface area contributed by atoms with Crippen LogP contribution in [0.5, 0.6) is 0 Å². The highest BCUT2D eigenvalue weighted by atomic mass is 35.5. The maximum absolute atomic E-state index is 13.9. The van der Waals surface area contributed by atoms with Crippen LogP contribution in [-0.4, -0.2) is 84.0 Å². The van der Waals surface area contributed by atoms with Crippen LogP contribution in [0, 0.1) is 32.6 Å². The van der Waals surface area contributed by atoms with E-state index in [1.807, 2.05) is 87.7 Å². The first kappa shape index (κ1) is 33.0. The molecule has 0 spiro atoms. The number of hydrogen-bond donors (Lipinski definition) is 0. The van der Waals surface area contributed by atoms with Crippen LogP contribution in [0.15, 0.2) is 48.2 Å². The Hall–Kier alpha value is -3.36. The molecule has 0 aliphatic carbocycles. The zero-order valence-electron chi connectivity index (χ0n) is 27.6. The van der Waals surface area contributed by atoms with E-state index in [1.165, 1.54) is 5.57 Å². The number of nitrogens with zero attached hydrogens (tertiary/aromatic N) is 4. The van der Waals surface area contributed by atoms with E-state index in [4.69, 9.17) is 16.3 Å². The highest BCUT2D eigenvalue weighted by molar-refractivity contribution is 6.31. The number of anilines is 1. The number of fused-ring (bicyclic) bond motifs is 1. The van der Waals surface area contributed by atoms with E-state index in [0.29, 0.717) is 50.0 Å². The molecular weight excluding hydrogens is 588 g/mol. The third kappa shape index (κ3) is 7.72. The topological polar surface area (TPSA) is 73.4 Å². The lowest BCUT2D eigenvalue weighted by Gasteiger charge is -2.35. The fraction of sp³-hybridized carbons (Fsp3) is 0.528. The van der Waals surface area contributed by atoms with Crippen molar-refractivity contribution in [2.24, 2.45) is 11.8 Å². The van der Waals surface area contributed by atoms with Crippen molar-refractivity contribution in [3.8, 4) is 0 Å². The number of halogens is 1. The lowest BCUT2D eigenvalue weighted by atomic mass is 9.95. The summed E-state index contributed by atoms with van der Waals surface area (Å²) in [7, 11) is 0. The van der Waals surface area contributed by atoms with Gasteiger partial charge in [-0.25, -0.2) is 4.79 Å². The van der Waals surface area contributed by atoms with Gasteiger partial charge in [0.1, 0.15) is 5.60 Å². The van der Waals surface area contributed by atoms with Gasteiger partial charge in [-0.15, -0.1) is 0 Å². The van der Waals surface area contributed by atoms with Gasteiger partial charge in [-0.2, -0.15) is 0 Å². The molecule has 0 radical (unpaired) electrons. The van der Waals surface area contributed by atoms with Gasteiger partial charge in [0.05, 0.1) is 0 Å². The van der Waals surface area contributed by atoms with Crippen LogP contribution in [0.3, 0.4) is 0 Å². The molecule has 9 heteroatoms. The molecule has 45 heavy (non-hydrogen) atoms. The fourth-order valence-electron chi connectivity index (χ4n) is 6.72. The highest BCUT2D eigenvalue weighted by Gasteiger charge is 2.36. The smallest absolute Gasteiger partial charge is 0.410 e. The SMILES string of the molecule is Cc1ccc(N(CCCN2CC3=CN(C(=O)c4c(C)cccc4C)CC3C2)C(=O)C2CCN(C(=O)OC(C)(C)C)CC2)cc1Cl. The summed E-state index contributed by atoms with van der Waals surface area (Å²) >= 11 is 6.50. The molecule has 8 nitrogen and oxygen atoms in total. The number of carbonyl (C=O) groups is 3. The molecule has 0 N–H and O–H groups in total. The predicted octanol–water partition coefficient (Wildman–Crippen LogP) is 6.61. The van der Waals surface area contributed by atoms with Crippen LogP contribution in [0.1, 0.15) is 67.1 Å². The molecule has 1 unspecified atom stereocenters. The molecule has 1 atom stereocenters. The second-order valence-electron chi connectivity index (χ2n) is 13.9. The van der Waals surface area contributed by atoms with Gasteiger partial charge in [-0.1, -0.05) is 35.9 Å². The molecule has 0 aromatic heterocycles. The van der Waals surface area contributed by atoms with E-state index in [2.05, 4.69) is 11.1 Å². The van der Waals surface area contributed by atoms with Crippen molar-refractivity contribution < 1.29 is 19.1 Å².